The van der Waals surface area contributed by atoms with Crippen molar-refractivity contribution >= 4 is 5.78 Å². The molecule has 0 aromatic carbocycles. The van der Waals surface area contributed by atoms with Crippen LogP contribution < -0.4 is 0 Å². The van der Waals surface area contributed by atoms with Crippen molar-refractivity contribution in [3.8, 4) is 0 Å². The summed E-state index contributed by atoms with van der Waals surface area (Å²) in [6, 6.07) is 0. The lowest BCUT2D eigenvalue weighted by Crippen LogP contribution is -2.25. The molecule has 0 amide bonds. The lowest BCUT2D eigenvalue weighted by atomic mass is 9.74. The number of ketones is 1. The predicted molar refractivity (Wildman–Crippen MR) is 91.6 cm³/mol. The Bertz CT molecular complexity index is 536. The van der Waals surface area contributed by atoms with Crippen LogP contribution in [0.15, 0.2) is 34.9 Å². The highest BCUT2D eigenvalue weighted by Crippen LogP contribution is 2.49. The van der Waals surface area contributed by atoms with E-state index in [1.807, 2.05) is 0 Å². The zero-order valence-electron chi connectivity index (χ0n) is 14.5. The van der Waals surface area contributed by atoms with Crippen LogP contribution in [0.25, 0.3) is 0 Å². The van der Waals surface area contributed by atoms with Gasteiger partial charge < -0.3 is 5.11 Å². The summed E-state index contributed by atoms with van der Waals surface area (Å²) in [4.78, 5) is 12.5. The monoisotopic (exact) mass is 302 g/mol. The molecule has 0 spiro atoms. The molecular weight excluding hydrogens is 272 g/mol. The standard InChI is InChI=1S/C20H30O2/c1-13(2)19-16-10-9-14(3)7-6-8-15(4)17(21)11-20(16,5)12-18(19)22/h7,13,17,21H,4,6,8-12H2,1-3,5H3/t17-,20-/m1/s1. The minimum atomic E-state index is -0.508. The molecule has 0 aromatic rings. The molecule has 2 rings (SSSR count). The fourth-order valence-corrected chi connectivity index (χ4v) is 4.02. The van der Waals surface area contributed by atoms with Crippen LogP contribution in [0.2, 0.25) is 0 Å². The molecule has 0 saturated heterocycles. The molecule has 0 fully saturated rings. The Morgan fingerprint density at radius 3 is 2.64 bits per heavy atom. The van der Waals surface area contributed by atoms with Crippen LogP contribution in [0.4, 0.5) is 0 Å². The average Bonchev–Trinajstić information content (AvgIpc) is 2.65. The van der Waals surface area contributed by atoms with Crippen molar-refractivity contribution in [2.45, 2.75) is 72.3 Å². The first-order valence-electron chi connectivity index (χ1n) is 8.52. The Balaban J connectivity index is 2.44. The van der Waals surface area contributed by atoms with Gasteiger partial charge in [0.05, 0.1) is 6.10 Å². The topological polar surface area (TPSA) is 37.3 Å². The molecule has 2 nitrogen and oxygen atoms in total. The lowest BCUT2D eigenvalue weighted by molar-refractivity contribution is -0.116. The summed E-state index contributed by atoms with van der Waals surface area (Å²) < 4.78 is 0. The maximum Gasteiger partial charge on any atom is 0.159 e. The molecule has 22 heavy (non-hydrogen) atoms. The normalized spacial score (nSPS) is 31.2. The Hall–Kier alpha value is -1.15. The second-order valence-electron chi connectivity index (χ2n) is 7.67. The van der Waals surface area contributed by atoms with Crippen LogP contribution in [0, 0.1) is 11.3 Å². The van der Waals surface area contributed by atoms with Crippen LogP contribution in [-0.4, -0.2) is 17.0 Å². The quantitative estimate of drug-likeness (QED) is 0.710. The molecule has 0 aliphatic heterocycles. The molecule has 0 heterocycles. The fraction of sp³-hybridized carbons (Fsp3) is 0.650. The van der Waals surface area contributed by atoms with Crippen LogP contribution in [0.1, 0.15) is 66.2 Å². The molecule has 2 heteroatoms. The molecular formula is C20H30O2. The molecule has 0 bridgehead atoms. The highest BCUT2D eigenvalue weighted by molar-refractivity contribution is 6.00. The van der Waals surface area contributed by atoms with Gasteiger partial charge in [-0.05, 0) is 61.5 Å². The van der Waals surface area contributed by atoms with Gasteiger partial charge in [0.15, 0.2) is 5.78 Å². The summed E-state index contributed by atoms with van der Waals surface area (Å²) in [5, 5.41) is 10.5. The van der Waals surface area contributed by atoms with Gasteiger partial charge in [0, 0.05) is 6.42 Å². The lowest BCUT2D eigenvalue weighted by Gasteiger charge is -2.31. The summed E-state index contributed by atoms with van der Waals surface area (Å²) in [5.74, 6) is 0.545. The zero-order valence-corrected chi connectivity index (χ0v) is 14.5. The number of fused-ring (bicyclic) bond motifs is 1. The number of carbonyl (C=O) groups is 1. The van der Waals surface area contributed by atoms with Crippen molar-refractivity contribution in [2.75, 3.05) is 0 Å². The second kappa shape index (κ2) is 6.54. The average molecular weight is 302 g/mol. The molecule has 0 aromatic heterocycles. The first-order chi connectivity index (χ1) is 10.2. The van der Waals surface area contributed by atoms with Gasteiger partial charge in [0.2, 0.25) is 0 Å². The number of aliphatic hydroxyl groups excluding tert-OH is 1. The van der Waals surface area contributed by atoms with Gasteiger partial charge in [-0.2, -0.15) is 0 Å². The van der Waals surface area contributed by atoms with E-state index in [4.69, 9.17) is 0 Å². The van der Waals surface area contributed by atoms with Gasteiger partial charge in [-0.3, -0.25) is 4.79 Å². The SMILES string of the molecule is C=C1CCC=C(C)CCC2=C(C(C)C)C(=O)C[C@@]2(C)C[C@H]1O. The third-order valence-corrected chi connectivity index (χ3v) is 5.32. The largest absolute Gasteiger partial charge is 0.389 e. The molecule has 0 saturated carbocycles. The summed E-state index contributed by atoms with van der Waals surface area (Å²) >= 11 is 0. The van der Waals surface area contributed by atoms with E-state index in [-0.39, 0.29) is 17.1 Å². The molecule has 2 aliphatic carbocycles. The number of Topliss-reactive ketones (excluding diaryl/α,β-unsaturated/α-hetero) is 1. The zero-order chi connectivity index (χ0) is 16.5. The van der Waals surface area contributed by atoms with E-state index in [0.29, 0.717) is 12.8 Å². The van der Waals surface area contributed by atoms with E-state index >= 15 is 0 Å². The summed E-state index contributed by atoms with van der Waals surface area (Å²) in [6.07, 6.45) is 6.66. The highest BCUT2D eigenvalue weighted by atomic mass is 16.3. The molecule has 0 radical (unpaired) electrons. The van der Waals surface area contributed by atoms with Crippen molar-refractivity contribution < 1.29 is 9.90 Å². The van der Waals surface area contributed by atoms with Gasteiger partial charge >= 0.3 is 0 Å². The van der Waals surface area contributed by atoms with Crippen molar-refractivity contribution in [1.29, 1.82) is 0 Å². The highest BCUT2D eigenvalue weighted by Gasteiger charge is 2.43. The van der Waals surface area contributed by atoms with Gasteiger partial charge in [-0.25, -0.2) is 0 Å². The number of rotatable bonds is 1. The second-order valence-corrected chi connectivity index (χ2v) is 7.67. The number of carbonyl (C=O) groups excluding carboxylic acids is 1. The molecule has 2 atom stereocenters. The van der Waals surface area contributed by atoms with E-state index in [1.54, 1.807) is 0 Å². The maximum absolute atomic E-state index is 12.5. The summed E-state index contributed by atoms with van der Waals surface area (Å²) in [6.45, 7) is 12.6. The van der Waals surface area contributed by atoms with Gasteiger partial charge in [-0.1, -0.05) is 44.6 Å². The van der Waals surface area contributed by atoms with Crippen molar-refractivity contribution in [3.63, 3.8) is 0 Å². The first kappa shape index (κ1) is 17.2. The minimum Gasteiger partial charge on any atom is -0.389 e. The van der Waals surface area contributed by atoms with E-state index in [0.717, 1.165) is 36.8 Å². The predicted octanol–water partition coefficient (Wildman–Crippen LogP) is 4.75. The van der Waals surface area contributed by atoms with Crippen molar-refractivity contribution in [2.24, 2.45) is 11.3 Å². The van der Waals surface area contributed by atoms with Crippen LogP contribution >= 0.6 is 0 Å². The maximum atomic E-state index is 12.5. The molecule has 122 valence electrons. The van der Waals surface area contributed by atoms with E-state index in [9.17, 15) is 9.90 Å². The number of allylic oxidation sites excluding steroid dienone is 4. The Kier molecular flexibility index (Phi) is 5.11. The fourth-order valence-electron chi connectivity index (χ4n) is 4.02. The number of hydrogen-bond donors (Lipinski definition) is 1. The number of aliphatic hydroxyl groups is 1. The Labute approximate surface area is 135 Å². The van der Waals surface area contributed by atoms with Crippen LogP contribution in [0.3, 0.4) is 0 Å². The van der Waals surface area contributed by atoms with Gasteiger partial charge in [-0.15, -0.1) is 0 Å². The smallest absolute Gasteiger partial charge is 0.159 e. The third-order valence-electron chi connectivity index (χ3n) is 5.32. The first-order valence-corrected chi connectivity index (χ1v) is 8.52. The molecule has 2 aliphatic rings. The molecule has 1 N–H and O–H groups in total. The Morgan fingerprint density at radius 2 is 2.00 bits per heavy atom. The summed E-state index contributed by atoms with van der Waals surface area (Å²) in [5.41, 5.74) is 4.38. The van der Waals surface area contributed by atoms with Crippen molar-refractivity contribution in [3.05, 3.63) is 34.9 Å². The van der Waals surface area contributed by atoms with E-state index in [2.05, 4.69) is 40.3 Å². The Morgan fingerprint density at radius 1 is 1.32 bits per heavy atom. The molecule has 0 unspecified atom stereocenters. The van der Waals surface area contributed by atoms with Crippen LogP contribution in [0.5, 0.6) is 0 Å². The van der Waals surface area contributed by atoms with E-state index < -0.39 is 6.10 Å². The van der Waals surface area contributed by atoms with Gasteiger partial charge in [0.25, 0.3) is 0 Å². The van der Waals surface area contributed by atoms with Crippen molar-refractivity contribution in [1.82, 2.24) is 0 Å². The number of hydrogen-bond acceptors (Lipinski definition) is 2. The van der Waals surface area contributed by atoms with E-state index in [1.165, 1.54) is 11.1 Å². The third kappa shape index (κ3) is 3.43. The van der Waals surface area contributed by atoms with Crippen LogP contribution in [-0.2, 0) is 4.79 Å². The summed E-state index contributed by atoms with van der Waals surface area (Å²) in [7, 11) is 0. The minimum absolute atomic E-state index is 0.205. The van der Waals surface area contributed by atoms with Gasteiger partial charge in [0.1, 0.15) is 0 Å².